The fourth-order valence-electron chi connectivity index (χ4n) is 3.62. The lowest BCUT2D eigenvalue weighted by atomic mass is 10.1. The third-order valence-corrected chi connectivity index (χ3v) is 5.21. The van der Waals surface area contributed by atoms with Crippen molar-refractivity contribution in [2.45, 2.75) is 46.7 Å². The lowest BCUT2D eigenvalue weighted by Crippen LogP contribution is -2.48. The Bertz CT molecular complexity index is 829. The molecule has 0 unspecified atom stereocenters. The number of benzene rings is 1. The van der Waals surface area contributed by atoms with Crippen LogP contribution in [0.5, 0.6) is 0 Å². The summed E-state index contributed by atoms with van der Waals surface area (Å²) in [5, 5.41) is 0. The fraction of sp³-hybridized carbons (Fsp3) is 0.524. The molecule has 2 heterocycles. The molecule has 0 N–H and O–H groups in total. The van der Waals surface area contributed by atoms with Gasteiger partial charge in [-0.3, -0.25) is 19.2 Å². The van der Waals surface area contributed by atoms with E-state index in [0.29, 0.717) is 19.8 Å². The molecule has 0 bridgehead atoms. The zero-order chi connectivity index (χ0) is 19.4. The molecule has 1 aromatic carbocycles. The van der Waals surface area contributed by atoms with Crippen molar-refractivity contribution in [2.75, 3.05) is 31.8 Å². The minimum absolute atomic E-state index is 0.0756. The summed E-state index contributed by atoms with van der Waals surface area (Å²) in [6, 6.07) is 8.54. The maximum atomic E-state index is 13.1. The van der Waals surface area contributed by atoms with Crippen molar-refractivity contribution in [3.8, 4) is 0 Å². The van der Waals surface area contributed by atoms with Crippen molar-refractivity contribution in [3.05, 3.63) is 51.4 Å². The van der Waals surface area contributed by atoms with Crippen LogP contribution in [0.25, 0.3) is 0 Å². The number of anilines is 2. The maximum Gasteiger partial charge on any atom is 0.259 e. The second-order valence-electron chi connectivity index (χ2n) is 7.03. The summed E-state index contributed by atoms with van der Waals surface area (Å²) in [6.45, 7) is 8.98. The van der Waals surface area contributed by atoms with E-state index in [9.17, 15) is 4.79 Å². The molecule has 6 heteroatoms. The molecule has 0 saturated heterocycles. The Morgan fingerprint density at radius 3 is 2.48 bits per heavy atom. The van der Waals surface area contributed by atoms with Crippen LogP contribution in [-0.2, 0) is 24.2 Å². The largest absolute Gasteiger partial charge is 0.385 e. The lowest BCUT2D eigenvalue weighted by Gasteiger charge is -2.38. The van der Waals surface area contributed by atoms with Gasteiger partial charge in [-0.25, -0.2) is 4.98 Å². The van der Waals surface area contributed by atoms with Gasteiger partial charge < -0.3 is 4.74 Å². The first-order valence-corrected chi connectivity index (χ1v) is 9.77. The highest BCUT2D eigenvalue weighted by molar-refractivity contribution is 5.59. The molecule has 3 rings (SSSR count). The van der Waals surface area contributed by atoms with Gasteiger partial charge in [0.15, 0.2) is 0 Å². The number of rotatable bonds is 7. The topological polar surface area (TPSA) is 50.6 Å². The van der Waals surface area contributed by atoms with E-state index in [4.69, 9.17) is 9.72 Å². The van der Waals surface area contributed by atoms with Crippen LogP contribution < -0.4 is 10.5 Å². The molecule has 146 valence electrons. The second-order valence-corrected chi connectivity index (χ2v) is 7.03. The molecule has 0 saturated carbocycles. The van der Waals surface area contributed by atoms with Crippen molar-refractivity contribution in [1.82, 2.24) is 14.5 Å². The second kappa shape index (κ2) is 8.67. The lowest BCUT2D eigenvalue weighted by molar-refractivity contribution is 0.150. The molecule has 6 nitrogen and oxygen atoms in total. The van der Waals surface area contributed by atoms with Gasteiger partial charge in [-0.2, -0.15) is 0 Å². The van der Waals surface area contributed by atoms with E-state index in [1.807, 2.05) is 18.4 Å². The average molecular weight is 370 g/mol. The molecule has 0 spiro atoms. The van der Waals surface area contributed by atoms with Gasteiger partial charge in [0.05, 0.1) is 13.3 Å². The standard InChI is InChI=1S/C21H30N4O2/c1-5-17-8-10-18(11-9-17)24-14-23(12-7-13-27-4)15-25-20(26)19(6-2)16(3)22-21(24)25/h8-11H,5-7,12-15H2,1-4H3. The highest BCUT2D eigenvalue weighted by Gasteiger charge is 2.27. The quantitative estimate of drug-likeness (QED) is 0.701. The molecule has 0 atom stereocenters. The summed E-state index contributed by atoms with van der Waals surface area (Å²) in [5.41, 5.74) is 4.07. The predicted octanol–water partition coefficient (Wildman–Crippen LogP) is 3.08. The van der Waals surface area contributed by atoms with Crippen molar-refractivity contribution in [3.63, 3.8) is 0 Å². The van der Waals surface area contributed by atoms with Gasteiger partial charge in [0.25, 0.3) is 5.56 Å². The van der Waals surface area contributed by atoms with Crippen LogP contribution >= 0.6 is 0 Å². The number of nitrogens with zero attached hydrogens (tertiary/aromatic N) is 4. The Hall–Kier alpha value is -2.18. The number of fused-ring (bicyclic) bond motifs is 1. The van der Waals surface area contributed by atoms with Gasteiger partial charge in [0.1, 0.15) is 0 Å². The molecule has 0 radical (unpaired) electrons. The highest BCUT2D eigenvalue weighted by Crippen LogP contribution is 2.28. The number of hydrogen-bond acceptors (Lipinski definition) is 5. The summed E-state index contributed by atoms with van der Waals surface area (Å²) in [7, 11) is 1.72. The van der Waals surface area contributed by atoms with Gasteiger partial charge in [-0.1, -0.05) is 26.0 Å². The van der Waals surface area contributed by atoms with E-state index in [2.05, 4.69) is 41.0 Å². The van der Waals surface area contributed by atoms with Crippen LogP contribution in [0.15, 0.2) is 29.1 Å². The zero-order valence-corrected chi connectivity index (χ0v) is 16.9. The van der Waals surface area contributed by atoms with E-state index in [0.717, 1.165) is 48.9 Å². The van der Waals surface area contributed by atoms with Crippen LogP contribution in [0, 0.1) is 6.92 Å². The summed E-state index contributed by atoms with van der Waals surface area (Å²) < 4.78 is 7.01. The van der Waals surface area contributed by atoms with Gasteiger partial charge in [-0.15, -0.1) is 0 Å². The molecule has 1 aromatic heterocycles. The molecule has 0 fully saturated rings. The molecule has 0 aliphatic carbocycles. The summed E-state index contributed by atoms with van der Waals surface area (Å²) in [4.78, 5) is 22.3. The Labute approximate surface area is 161 Å². The minimum atomic E-state index is 0.0756. The zero-order valence-electron chi connectivity index (χ0n) is 16.9. The first-order chi connectivity index (χ1) is 13.1. The number of aromatic nitrogens is 2. The molecule has 0 amide bonds. The van der Waals surface area contributed by atoms with E-state index >= 15 is 0 Å². The van der Waals surface area contributed by atoms with Crippen molar-refractivity contribution in [2.24, 2.45) is 0 Å². The predicted molar refractivity (Wildman–Crippen MR) is 109 cm³/mol. The highest BCUT2D eigenvalue weighted by atomic mass is 16.5. The molecular formula is C21H30N4O2. The maximum absolute atomic E-state index is 13.1. The summed E-state index contributed by atoms with van der Waals surface area (Å²) >= 11 is 0. The third-order valence-electron chi connectivity index (χ3n) is 5.21. The van der Waals surface area contributed by atoms with Crippen molar-refractivity contribution >= 4 is 11.6 Å². The number of ether oxygens (including phenoxy) is 1. The number of aryl methyl sites for hydroxylation is 2. The molecular weight excluding hydrogens is 340 g/mol. The molecule has 1 aliphatic rings. The summed E-state index contributed by atoms with van der Waals surface area (Å²) in [6.07, 6.45) is 2.65. The normalized spacial score (nSPS) is 14.4. The first-order valence-electron chi connectivity index (χ1n) is 9.77. The fourth-order valence-corrected chi connectivity index (χ4v) is 3.62. The van der Waals surface area contributed by atoms with Gasteiger partial charge in [0, 0.05) is 37.2 Å². The van der Waals surface area contributed by atoms with Crippen LogP contribution in [0.2, 0.25) is 0 Å². The van der Waals surface area contributed by atoms with Crippen molar-refractivity contribution in [1.29, 1.82) is 0 Å². The number of methoxy groups -OCH3 is 1. The number of hydrogen-bond donors (Lipinski definition) is 0. The monoisotopic (exact) mass is 370 g/mol. The molecule has 1 aliphatic heterocycles. The van der Waals surface area contributed by atoms with Crippen LogP contribution in [0.3, 0.4) is 0 Å². The Morgan fingerprint density at radius 1 is 1.11 bits per heavy atom. The van der Waals surface area contributed by atoms with Crippen LogP contribution in [0.4, 0.5) is 11.6 Å². The van der Waals surface area contributed by atoms with Gasteiger partial charge in [-0.05, 0) is 43.9 Å². The Morgan fingerprint density at radius 2 is 1.85 bits per heavy atom. The van der Waals surface area contributed by atoms with E-state index in [1.165, 1.54) is 5.56 Å². The average Bonchev–Trinajstić information content (AvgIpc) is 2.69. The molecule has 27 heavy (non-hydrogen) atoms. The van der Waals surface area contributed by atoms with Crippen LogP contribution in [-0.4, -0.2) is 41.4 Å². The Kier molecular flexibility index (Phi) is 6.29. The van der Waals surface area contributed by atoms with E-state index in [-0.39, 0.29) is 5.56 Å². The van der Waals surface area contributed by atoms with Crippen molar-refractivity contribution < 1.29 is 4.74 Å². The van der Waals surface area contributed by atoms with Gasteiger partial charge >= 0.3 is 0 Å². The van der Waals surface area contributed by atoms with E-state index in [1.54, 1.807) is 7.11 Å². The third kappa shape index (κ3) is 4.06. The van der Waals surface area contributed by atoms with E-state index < -0.39 is 0 Å². The first kappa shape index (κ1) is 19.6. The summed E-state index contributed by atoms with van der Waals surface area (Å²) in [5.74, 6) is 0.738. The van der Waals surface area contributed by atoms with Crippen LogP contribution in [0.1, 0.15) is 37.1 Å². The molecule has 2 aromatic rings. The SMILES string of the molecule is CCc1ccc(N2CN(CCCOC)Cn3c2nc(C)c(CC)c3=O)cc1. The van der Waals surface area contributed by atoms with Gasteiger partial charge in [0.2, 0.25) is 5.95 Å². The minimum Gasteiger partial charge on any atom is -0.385 e. The smallest absolute Gasteiger partial charge is 0.259 e. The Balaban J connectivity index is 2.02.